The first kappa shape index (κ1) is 21.0. The van der Waals surface area contributed by atoms with E-state index in [1.807, 2.05) is 0 Å². The predicted molar refractivity (Wildman–Crippen MR) is 93.0 cm³/mol. The normalized spacial score (nSPS) is 11.8. The molecule has 0 atom stereocenters. The van der Waals surface area contributed by atoms with Crippen molar-refractivity contribution in [2.75, 3.05) is 0 Å². The fourth-order valence-corrected chi connectivity index (χ4v) is 3.91. The lowest BCUT2D eigenvalue weighted by Crippen LogP contribution is -2.04. The zero-order valence-corrected chi connectivity index (χ0v) is 15.9. The van der Waals surface area contributed by atoms with Gasteiger partial charge in [-0.25, -0.2) is 26.4 Å². The minimum absolute atomic E-state index is 0.409. The van der Waals surface area contributed by atoms with Gasteiger partial charge in [-0.3, -0.25) is 0 Å². The van der Waals surface area contributed by atoms with Crippen molar-refractivity contribution in [3.63, 3.8) is 0 Å². The maximum Gasteiger partial charge on any atom is 0.335 e. The van der Waals surface area contributed by atoms with Crippen molar-refractivity contribution in [1.29, 1.82) is 0 Å². The Kier molecular flexibility index (Phi) is 5.71. The van der Waals surface area contributed by atoms with Crippen LogP contribution in [0.5, 0.6) is 11.5 Å². The van der Waals surface area contributed by atoms with Gasteiger partial charge in [0.05, 0.1) is 11.1 Å². The summed E-state index contributed by atoms with van der Waals surface area (Å²) in [5.41, 5.74) is -0.819. The average Bonchev–Trinajstić information content (AvgIpc) is 2.53. The standard InChI is InChI=1S/C14H8Cl2O9S2/c15-26(21,22)11-5-7(13(17)18)1-3-9(11)25-10-4-2-8(14(19)20)6-12(10)27(16,23)24/h1-6H,(H,17,18)(H,19,20). The van der Waals surface area contributed by atoms with Gasteiger partial charge in [0.2, 0.25) is 0 Å². The molecule has 9 nitrogen and oxygen atoms in total. The second-order valence-corrected chi connectivity index (χ2v) is 9.98. The summed E-state index contributed by atoms with van der Waals surface area (Å²) < 4.78 is 52.1. The van der Waals surface area contributed by atoms with Crippen LogP contribution >= 0.6 is 21.4 Å². The molecule has 0 aliphatic carbocycles. The zero-order chi connectivity index (χ0) is 20.6. The first-order chi connectivity index (χ1) is 12.3. The average molecular weight is 455 g/mol. The van der Waals surface area contributed by atoms with Crippen LogP contribution in [-0.4, -0.2) is 39.0 Å². The van der Waals surface area contributed by atoms with Crippen molar-refractivity contribution in [3.8, 4) is 11.5 Å². The summed E-state index contributed by atoms with van der Waals surface area (Å²) >= 11 is 0. The Labute approximate surface area is 161 Å². The smallest absolute Gasteiger partial charge is 0.335 e. The highest BCUT2D eigenvalue weighted by Gasteiger charge is 2.24. The SMILES string of the molecule is O=C(O)c1ccc(Oc2ccc(C(=O)O)cc2S(=O)(=O)Cl)c(S(=O)(=O)Cl)c1. The first-order valence-corrected chi connectivity index (χ1v) is 11.2. The molecule has 0 amide bonds. The summed E-state index contributed by atoms with van der Waals surface area (Å²) in [5.74, 6) is -3.84. The molecule has 13 heteroatoms. The third-order valence-corrected chi connectivity index (χ3v) is 5.81. The molecule has 0 aromatic heterocycles. The number of halogens is 2. The molecule has 0 saturated carbocycles. The van der Waals surface area contributed by atoms with Crippen LogP contribution in [0.2, 0.25) is 0 Å². The van der Waals surface area contributed by atoms with Gasteiger partial charge in [0.25, 0.3) is 18.1 Å². The number of carboxylic acid groups (broad SMARTS) is 2. The molecule has 27 heavy (non-hydrogen) atoms. The van der Waals surface area contributed by atoms with Gasteiger partial charge >= 0.3 is 11.9 Å². The molecule has 0 spiro atoms. The molecule has 0 heterocycles. The summed E-state index contributed by atoms with van der Waals surface area (Å²) in [6.07, 6.45) is 0. The number of benzene rings is 2. The molecule has 2 rings (SSSR count). The molecule has 0 bridgehead atoms. The second kappa shape index (κ2) is 7.35. The zero-order valence-electron chi connectivity index (χ0n) is 12.8. The van der Waals surface area contributed by atoms with Gasteiger partial charge < -0.3 is 14.9 Å². The minimum Gasteiger partial charge on any atom is -0.478 e. The summed E-state index contributed by atoms with van der Waals surface area (Å²) in [5, 5.41) is 17.9. The van der Waals surface area contributed by atoms with E-state index >= 15 is 0 Å². The number of ether oxygens (including phenoxy) is 1. The highest BCUT2D eigenvalue weighted by atomic mass is 35.7. The lowest BCUT2D eigenvalue weighted by Gasteiger charge is -2.13. The summed E-state index contributed by atoms with van der Waals surface area (Å²) in [6, 6.07) is 5.36. The van der Waals surface area contributed by atoms with E-state index in [1.165, 1.54) is 0 Å². The van der Waals surface area contributed by atoms with E-state index in [-0.39, 0.29) is 0 Å². The van der Waals surface area contributed by atoms with E-state index in [2.05, 4.69) is 0 Å². The monoisotopic (exact) mass is 454 g/mol. The Balaban J connectivity index is 2.67. The van der Waals surface area contributed by atoms with E-state index in [9.17, 15) is 26.4 Å². The molecule has 0 fully saturated rings. The molecule has 2 aromatic rings. The Morgan fingerprint density at radius 3 is 1.33 bits per heavy atom. The molecule has 0 unspecified atom stereocenters. The minimum atomic E-state index is -4.47. The van der Waals surface area contributed by atoms with E-state index in [0.717, 1.165) is 36.4 Å². The molecule has 0 aliphatic heterocycles. The maximum atomic E-state index is 11.7. The third-order valence-electron chi connectivity index (χ3n) is 3.13. The molecule has 2 N–H and O–H groups in total. The highest BCUT2D eigenvalue weighted by Crippen LogP contribution is 2.36. The van der Waals surface area contributed by atoms with Gasteiger partial charge in [-0.15, -0.1) is 0 Å². The van der Waals surface area contributed by atoms with Crippen LogP contribution < -0.4 is 4.74 Å². The molecule has 144 valence electrons. The third kappa shape index (κ3) is 4.89. The van der Waals surface area contributed by atoms with Crippen molar-refractivity contribution >= 4 is 51.4 Å². The Hall–Kier alpha value is -2.34. The van der Waals surface area contributed by atoms with Crippen molar-refractivity contribution < 1.29 is 41.4 Å². The molecular weight excluding hydrogens is 447 g/mol. The summed E-state index contributed by atoms with van der Waals surface area (Å²) in [7, 11) is 1.62. The highest BCUT2D eigenvalue weighted by molar-refractivity contribution is 8.14. The van der Waals surface area contributed by atoms with Crippen molar-refractivity contribution in [2.45, 2.75) is 9.79 Å². The lowest BCUT2D eigenvalue weighted by atomic mass is 10.2. The van der Waals surface area contributed by atoms with Crippen LogP contribution in [0.25, 0.3) is 0 Å². The molecule has 2 aromatic carbocycles. The fourth-order valence-electron chi connectivity index (χ4n) is 1.95. The molecule has 0 radical (unpaired) electrons. The maximum absolute atomic E-state index is 11.7. The van der Waals surface area contributed by atoms with Crippen molar-refractivity contribution in [3.05, 3.63) is 47.5 Å². The summed E-state index contributed by atoms with van der Waals surface area (Å²) in [4.78, 5) is 20.5. The molecule has 0 saturated heterocycles. The second-order valence-electron chi connectivity index (χ2n) is 4.91. The number of hydrogen-bond acceptors (Lipinski definition) is 7. The quantitative estimate of drug-likeness (QED) is 0.626. The fraction of sp³-hybridized carbons (Fsp3) is 0. The van der Waals surface area contributed by atoms with Gasteiger partial charge in [-0.05, 0) is 36.4 Å². The van der Waals surface area contributed by atoms with Crippen LogP contribution in [0, 0.1) is 0 Å². The van der Waals surface area contributed by atoms with Crippen molar-refractivity contribution in [1.82, 2.24) is 0 Å². The van der Waals surface area contributed by atoms with Crippen LogP contribution in [0.4, 0.5) is 0 Å². The van der Waals surface area contributed by atoms with Crippen LogP contribution in [-0.2, 0) is 18.1 Å². The van der Waals surface area contributed by atoms with Crippen LogP contribution in [0.15, 0.2) is 46.2 Å². The number of carbonyl (C=O) groups is 2. The first-order valence-electron chi connectivity index (χ1n) is 6.62. The van der Waals surface area contributed by atoms with Crippen LogP contribution in [0.3, 0.4) is 0 Å². The lowest BCUT2D eigenvalue weighted by molar-refractivity contribution is 0.0686. The molecule has 0 aliphatic rings. The van der Waals surface area contributed by atoms with Gasteiger partial charge in [0.15, 0.2) is 0 Å². The summed E-state index contributed by atoms with van der Waals surface area (Å²) in [6.45, 7) is 0. The van der Waals surface area contributed by atoms with Gasteiger partial charge in [0, 0.05) is 21.4 Å². The largest absolute Gasteiger partial charge is 0.478 e. The van der Waals surface area contributed by atoms with Gasteiger partial charge in [-0.2, -0.15) is 0 Å². The topological polar surface area (TPSA) is 152 Å². The number of hydrogen-bond donors (Lipinski definition) is 2. The van der Waals surface area contributed by atoms with Gasteiger partial charge in [0.1, 0.15) is 21.3 Å². The predicted octanol–water partition coefficient (Wildman–Crippen LogP) is 2.73. The van der Waals surface area contributed by atoms with Crippen LogP contribution in [0.1, 0.15) is 20.7 Å². The Morgan fingerprint density at radius 1 is 0.741 bits per heavy atom. The van der Waals surface area contributed by atoms with E-state index in [4.69, 9.17) is 36.3 Å². The van der Waals surface area contributed by atoms with E-state index in [0.29, 0.717) is 0 Å². The Bertz CT molecular complexity index is 1060. The Morgan fingerprint density at radius 2 is 1.07 bits per heavy atom. The number of rotatable bonds is 6. The van der Waals surface area contributed by atoms with Crippen molar-refractivity contribution in [2.24, 2.45) is 0 Å². The molecular formula is C14H8Cl2O9S2. The van der Waals surface area contributed by atoms with Gasteiger partial charge in [-0.1, -0.05) is 0 Å². The number of carboxylic acids is 2. The number of aromatic carboxylic acids is 2. The van der Waals surface area contributed by atoms with E-state index < -0.39 is 62.5 Å². The van der Waals surface area contributed by atoms with E-state index in [1.54, 1.807) is 0 Å².